The molecule has 0 aliphatic carbocycles. The van der Waals surface area contributed by atoms with Gasteiger partial charge in [-0.05, 0) is 62.2 Å². The molecule has 1 aromatic heterocycles. The van der Waals surface area contributed by atoms with Gasteiger partial charge < -0.3 is 14.0 Å². The lowest BCUT2D eigenvalue weighted by atomic mass is 10.2. The van der Waals surface area contributed by atoms with Crippen LogP contribution in [-0.4, -0.2) is 16.2 Å². The number of fused-ring (bicyclic) bond motifs is 1. The lowest BCUT2D eigenvalue weighted by molar-refractivity contribution is 0.210. The van der Waals surface area contributed by atoms with E-state index in [1.807, 2.05) is 48.5 Å². The minimum atomic E-state index is -0.153. The number of benzene rings is 3. The number of aromatic nitrogens is 2. The van der Waals surface area contributed by atoms with E-state index in [1.54, 1.807) is 0 Å². The second-order valence-electron chi connectivity index (χ2n) is 7.20. The molecule has 0 aliphatic rings. The first-order valence-electron chi connectivity index (χ1n) is 10.1. The van der Waals surface area contributed by atoms with Crippen LogP contribution in [0.5, 0.6) is 11.5 Å². The lowest BCUT2D eigenvalue weighted by Crippen LogP contribution is -2.13. The van der Waals surface area contributed by atoms with Gasteiger partial charge in [0.2, 0.25) is 0 Å². The van der Waals surface area contributed by atoms with Crippen molar-refractivity contribution in [3.8, 4) is 11.5 Å². The van der Waals surface area contributed by atoms with Gasteiger partial charge in [0.05, 0.1) is 17.6 Å². The Morgan fingerprint density at radius 3 is 2.48 bits per heavy atom. The highest BCUT2D eigenvalue weighted by molar-refractivity contribution is 5.76. The molecule has 0 amide bonds. The Balaban J connectivity index is 1.50. The molecule has 1 unspecified atom stereocenters. The SMILES string of the molecule is Cc1cccc(OC(C)c2nc3ccccc3n2CCCOc2ccccc2)c1. The van der Waals surface area contributed by atoms with Crippen LogP contribution >= 0.6 is 0 Å². The predicted molar refractivity (Wildman–Crippen MR) is 117 cm³/mol. The molecule has 1 heterocycles. The molecule has 0 radical (unpaired) electrons. The molecule has 29 heavy (non-hydrogen) atoms. The fourth-order valence-corrected chi connectivity index (χ4v) is 3.51. The number of hydrogen-bond donors (Lipinski definition) is 0. The Bertz CT molecular complexity index is 1070. The molecule has 0 N–H and O–H groups in total. The van der Waals surface area contributed by atoms with Crippen molar-refractivity contribution in [1.29, 1.82) is 0 Å². The van der Waals surface area contributed by atoms with E-state index in [1.165, 1.54) is 5.56 Å². The quantitative estimate of drug-likeness (QED) is 0.351. The van der Waals surface area contributed by atoms with Crippen LogP contribution in [0.15, 0.2) is 78.9 Å². The molecule has 0 saturated carbocycles. The summed E-state index contributed by atoms with van der Waals surface area (Å²) in [5.74, 6) is 2.70. The van der Waals surface area contributed by atoms with E-state index in [9.17, 15) is 0 Å². The first-order chi connectivity index (χ1) is 14.2. The van der Waals surface area contributed by atoms with Gasteiger partial charge in [0.1, 0.15) is 11.5 Å². The molecule has 0 saturated heterocycles. The highest BCUT2D eigenvalue weighted by atomic mass is 16.5. The largest absolute Gasteiger partial charge is 0.494 e. The van der Waals surface area contributed by atoms with E-state index in [0.717, 1.165) is 41.3 Å². The summed E-state index contributed by atoms with van der Waals surface area (Å²) in [5, 5.41) is 0. The first-order valence-corrected chi connectivity index (χ1v) is 10.1. The third-order valence-electron chi connectivity index (χ3n) is 4.89. The van der Waals surface area contributed by atoms with Gasteiger partial charge in [0.15, 0.2) is 11.9 Å². The molecule has 4 heteroatoms. The normalized spacial score (nSPS) is 12.1. The van der Waals surface area contributed by atoms with Crippen molar-refractivity contribution in [1.82, 2.24) is 9.55 Å². The summed E-state index contributed by atoms with van der Waals surface area (Å²) in [7, 11) is 0. The van der Waals surface area contributed by atoms with Crippen molar-refractivity contribution >= 4 is 11.0 Å². The summed E-state index contributed by atoms with van der Waals surface area (Å²) in [4.78, 5) is 4.87. The highest BCUT2D eigenvalue weighted by Crippen LogP contribution is 2.26. The molecular weight excluding hydrogens is 360 g/mol. The number of nitrogens with zero attached hydrogens (tertiary/aromatic N) is 2. The number of para-hydroxylation sites is 3. The van der Waals surface area contributed by atoms with E-state index in [-0.39, 0.29) is 6.10 Å². The van der Waals surface area contributed by atoms with Crippen molar-refractivity contribution < 1.29 is 9.47 Å². The average Bonchev–Trinajstić information content (AvgIpc) is 3.11. The van der Waals surface area contributed by atoms with Crippen molar-refractivity contribution in [2.24, 2.45) is 0 Å². The van der Waals surface area contributed by atoms with Crippen LogP contribution in [0.4, 0.5) is 0 Å². The smallest absolute Gasteiger partial charge is 0.153 e. The Morgan fingerprint density at radius 1 is 0.897 bits per heavy atom. The van der Waals surface area contributed by atoms with Crippen LogP contribution < -0.4 is 9.47 Å². The minimum Gasteiger partial charge on any atom is -0.494 e. The summed E-state index contributed by atoms with van der Waals surface area (Å²) < 4.78 is 14.3. The van der Waals surface area contributed by atoms with Crippen molar-refractivity contribution in [2.75, 3.05) is 6.61 Å². The topological polar surface area (TPSA) is 36.3 Å². The second kappa shape index (κ2) is 8.82. The third-order valence-corrected chi connectivity index (χ3v) is 4.89. The maximum absolute atomic E-state index is 6.21. The fraction of sp³-hybridized carbons (Fsp3) is 0.240. The number of ether oxygens (including phenoxy) is 2. The van der Waals surface area contributed by atoms with Crippen LogP contribution in [0, 0.1) is 6.92 Å². The van der Waals surface area contributed by atoms with Crippen molar-refractivity contribution in [2.45, 2.75) is 32.9 Å². The second-order valence-corrected chi connectivity index (χ2v) is 7.20. The molecule has 0 fully saturated rings. The Hall–Kier alpha value is -3.27. The third kappa shape index (κ3) is 4.60. The van der Waals surface area contributed by atoms with E-state index in [0.29, 0.717) is 6.61 Å². The summed E-state index contributed by atoms with van der Waals surface area (Å²) >= 11 is 0. The molecule has 3 aromatic carbocycles. The van der Waals surface area contributed by atoms with Gasteiger partial charge in [-0.1, -0.05) is 42.5 Å². The van der Waals surface area contributed by atoms with E-state index < -0.39 is 0 Å². The molecule has 4 aromatic rings. The maximum atomic E-state index is 6.21. The summed E-state index contributed by atoms with van der Waals surface area (Å²) in [5.41, 5.74) is 3.30. The minimum absolute atomic E-state index is 0.153. The Morgan fingerprint density at radius 2 is 1.66 bits per heavy atom. The number of imidazole rings is 1. The van der Waals surface area contributed by atoms with Crippen molar-refractivity contribution in [3.05, 3.63) is 90.3 Å². The zero-order chi connectivity index (χ0) is 20.1. The van der Waals surface area contributed by atoms with Crippen LogP contribution in [-0.2, 0) is 6.54 Å². The fourth-order valence-electron chi connectivity index (χ4n) is 3.51. The number of aryl methyl sites for hydroxylation is 2. The van der Waals surface area contributed by atoms with Gasteiger partial charge in [0.25, 0.3) is 0 Å². The first kappa shape index (κ1) is 19.1. The molecule has 0 spiro atoms. The lowest BCUT2D eigenvalue weighted by Gasteiger charge is -2.17. The van der Waals surface area contributed by atoms with Gasteiger partial charge in [0, 0.05) is 6.54 Å². The monoisotopic (exact) mass is 386 g/mol. The highest BCUT2D eigenvalue weighted by Gasteiger charge is 2.18. The van der Waals surface area contributed by atoms with Crippen LogP contribution in [0.3, 0.4) is 0 Å². The molecule has 0 aliphatic heterocycles. The maximum Gasteiger partial charge on any atom is 0.153 e. The summed E-state index contributed by atoms with van der Waals surface area (Å²) in [6.45, 7) is 5.60. The van der Waals surface area contributed by atoms with Gasteiger partial charge >= 0.3 is 0 Å². The van der Waals surface area contributed by atoms with E-state index >= 15 is 0 Å². The summed E-state index contributed by atoms with van der Waals surface area (Å²) in [6.07, 6.45) is 0.735. The average molecular weight is 386 g/mol. The van der Waals surface area contributed by atoms with Crippen LogP contribution in [0.25, 0.3) is 11.0 Å². The van der Waals surface area contributed by atoms with Crippen LogP contribution in [0.2, 0.25) is 0 Å². The van der Waals surface area contributed by atoms with E-state index in [2.05, 4.69) is 48.7 Å². The molecule has 1 atom stereocenters. The zero-order valence-electron chi connectivity index (χ0n) is 16.9. The Labute approximate surface area is 171 Å². The standard InChI is InChI=1S/C25H26N2O2/c1-19-10-8-13-22(18-19)29-20(2)25-26-23-14-6-7-15-24(23)27(25)16-9-17-28-21-11-4-3-5-12-21/h3-8,10-15,18,20H,9,16-17H2,1-2H3. The molecule has 148 valence electrons. The van der Waals surface area contributed by atoms with Gasteiger partial charge in [-0.15, -0.1) is 0 Å². The molecular formula is C25H26N2O2. The van der Waals surface area contributed by atoms with E-state index in [4.69, 9.17) is 14.5 Å². The molecule has 4 nitrogen and oxygen atoms in total. The van der Waals surface area contributed by atoms with Gasteiger partial charge in [-0.25, -0.2) is 4.98 Å². The predicted octanol–water partition coefficient (Wildman–Crippen LogP) is 5.95. The van der Waals surface area contributed by atoms with Gasteiger partial charge in [-0.2, -0.15) is 0 Å². The number of hydrogen-bond acceptors (Lipinski definition) is 3. The molecule has 4 rings (SSSR count). The number of rotatable bonds is 8. The van der Waals surface area contributed by atoms with Crippen molar-refractivity contribution in [3.63, 3.8) is 0 Å². The Kier molecular flexibility index (Phi) is 5.80. The summed E-state index contributed by atoms with van der Waals surface area (Å²) in [6, 6.07) is 26.3. The van der Waals surface area contributed by atoms with Crippen LogP contribution in [0.1, 0.15) is 30.8 Å². The zero-order valence-corrected chi connectivity index (χ0v) is 16.9. The van der Waals surface area contributed by atoms with Gasteiger partial charge in [-0.3, -0.25) is 0 Å². The molecule has 0 bridgehead atoms.